The highest BCUT2D eigenvalue weighted by molar-refractivity contribution is 5.82. The number of aliphatic hydroxyl groups excluding tert-OH is 1. The number of carbonyl (C=O) groups excluding carboxylic acids is 1. The molecule has 1 rings (SSSR count). The number of nitrogens with one attached hydrogen (secondary N) is 2. The second kappa shape index (κ2) is 7.05. The van der Waals surface area contributed by atoms with Crippen LogP contribution in [0.25, 0.3) is 0 Å². The number of amides is 2. The van der Waals surface area contributed by atoms with Gasteiger partial charge in [-0.1, -0.05) is 0 Å². The number of hydrazine groups is 1. The van der Waals surface area contributed by atoms with Crippen LogP contribution in [0.5, 0.6) is 0 Å². The Balaban J connectivity index is 2.33. The van der Waals surface area contributed by atoms with Gasteiger partial charge in [-0.15, -0.1) is 0 Å². The highest BCUT2D eigenvalue weighted by Crippen LogP contribution is 1.94. The minimum absolute atomic E-state index is 0.0220. The Kier molecular flexibility index (Phi) is 5.67. The Labute approximate surface area is 98.5 Å². The molecule has 2 amide bonds. The third kappa shape index (κ3) is 4.98. The van der Waals surface area contributed by atoms with Crippen LogP contribution in [0, 0.1) is 0 Å². The third-order valence-electron chi connectivity index (χ3n) is 2.29. The van der Waals surface area contributed by atoms with E-state index in [0.717, 1.165) is 0 Å². The van der Waals surface area contributed by atoms with E-state index < -0.39 is 18.0 Å². The molecule has 0 aliphatic carbocycles. The van der Waals surface area contributed by atoms with Crippen LogP contribution >= 0.6 is 0 Å². The summed E-state index contributed by atoms with van der Waals surface area (Å²) in [4.78, 5) is 22.2. The number of rotatable bonds is 5. The molecule has 0 spiro atoms. The molecule has 0 aromatic heterocycles. The van der Waals surface area contributed by atoms with E-state index in [2.05, 4.69) is 10.7 Å². The molecule has 4 N–H and O–H groups in total. The average molecular weight is 247 g/mol. The fraction of sp³-hybridized carbons (Fsp3) is 0.778. The van der Waals surface area contributed by atoms with E-state index in [1.165, 1.54) is 0 Å². The number of nitrogens with zero attached hydrogens (tertiary/aromatic N) is 1. The molecule has 17 heavy (non-hydrogen) atoms. The number of aliphatic hydroxyl groups is 1. The van der Waals surface area contributed by atoms with E-state index >= 15 is 0 Å². The predicted molar refractivity (Wildman–Crippen MR) is 57.2 cm³/mol. The Morgan fingerprint density at radius 2 is 2.00 bits per heavy atom. The van der Waals surface area contributed by atoms with Gasteiger partial charge in [-0.25, -0.2) is 14.6 Å². The zero-order valence-electron chi connectivity index (χ0n) is 9.39. The first kappa shape index (κ1) is 13.7. The first-order valence-electron chi connectivity index (χ1n) is 5.37. The van der Waals surface area contributed by atoms with Crippen LogP contribution in [0.1, 0.15) is 6.42 Å². The molecule has 0 aromatic rings. The van der Waals surface area contributed by atoms with Gasteiger partial charge >= 0.3 is 12.0 Å². The largest absolute Gasteiger partial charge is 0.480 e. The lowest BCUT2D eigenvalue weighted by Gasteiger charge is -2.27. The normalized spacial score (nSPS) is 18.4. The summed E-state index contributed by atoms with van der Waals surface area (Å²) in [5, 5.41) is 21.4. The van der Waals surface area contributed by atoms with Crippen molar-refractivity contribution in [1.29, 1.82) is 0 Å². The summed E-state index contributed by atoms with van der Waals surface area (Å²) in [5.41, 5.74) is 2.52. The van der Waals surface area contributed by atoms with Gasteiger partial charge in [0.1, 0.15) is 6.04 Å². The van der Waals surface area contributed by atoms with Gasteiger partial charge in [-0.3, -0.25) is 5.43 Å². The minimum atomic E-state index is -1.17. The number of carboxylic acid groups (broad SMARTS) is 1. The van der Waals surface area contributed by atoms with Crippen molar-refractivity contribution in [3.8, 4) is 0 Å². The summed E-state index contributed by atoms with van der Waals surface area (Å²) in [6.07, 6.45) is -0.0220. The monoisotopic (exact) mass is 247 g/mol. The zero-order valence-corrected chi connectivity index (χ0v) is 9.39. The van der Waals surface area contributed by atoms with Gasteiger partial charge in [-0.2, -0.15) is 0 Å². The zero-order chi connectivity index (χ0) is 12.7. The molecular formula is C9H17N3O5. The highest BCUT2D eigenvalue weighted by Gasteiger charge is 2.20. The molecule has 1 fully saturated rings. The summed E-state index contributed by atoms with van der Waals surface area (Å²) in [6, 6.07) is -1.67. The number of aliphatic carboxylic acids is 1. The van der Waals surface area contributed by atoms with Gasteiger partial charge < -0.3 is 20.3 Å². The standard InChI is InChI=1S/C9H17N3O5/c13-4-1-7(8(14)15)10-9(16)11-12-2-5-17-6-3-12/h7,13H,1-6H2,(H,14,15)(H2,10,11,16)/t7-/m0/s1. The topological polar surface area (TPSA) is 111 Å². The minimum Gasteiger partial charge on any atom is -0.480 e. The van der Waals surface area contributed by atoms with Crippen molar-refractivity contribution in [2.24, 2.45) is 0 Å². The summed E-state index contributed by atoms with van der Waals surface area (Å²) >= 11 is 0. The molecule has 98 valence electrons. The molecule has 1 aliphatic rings. The molecular weight excluding hydrogens is 230 g/mol. The van der Waals surface area contributed by atoms with Crippen molar-refractivity contribution >= 4 is 12.0 Å². The summed E-state index contributed by atoms with van der Waals surface area (Å²) in [5.74, 6) is -1.17. The van der Waals surface area contributed by atoms with Crippen molar-refractivity contribution in [1.82, 2.24) is 15.8 Å². The van der Waals surface area contributed by atoms with E-state index in [9.17, 15) is 9.59 Å². The van der Waals surface area contributed by atoms with E-state index in [1.54, 1.807) is 5.01 Å². The van der Waals surface area contributed by atoms with Gasteiger partial charge in [0.15, 0.2) is 0 Å². The van der Waals surface area contributed by atoms with Gasteiger partial charge in [0.25, 0.3) is 0 Å². The first-order valence-corrected chi connectivity index (χ1v) is 5.37. The summed E-state index contributed by atoms with van der Waals surface area (Å²) < 4.78 is 5.10. The van der Waals surface area contributed by atoms with Crippen LogP contribution in [0.2, 0.25) is 0 Å². The lowest BCUT2D eigenvalue weighted by atomic mass is 10.2. The van der Waals surface area contributed by atoms with Gasteiger partial charge in [0.05, 0.1) is 13.2 Å². The van der Waals surface area contributed by atoms with E-state index in [1.807, 2.05) is 0 Å². The van der Waals surface area contributed by atoms with E-state index in [0.29, 0.717) is 26.3 Å². The average Bonchev–Trinajstić information content (AvgIpc) is 2.29. The van der Waals surface area contributed by atoms with Gasteiger partial charge in [-0.05, 0) is 0 Å². The fourth-order valence-electron chi connectivity index (χ4n) is 1.40. The second-order valence-electron chi connectivity index (χ2n) is 3.59. The molecule has 1 atom stereocenters. The number of carboxylic acids is 1. The molecule has 8 heteroatoms. The van der Waals surface area contributed by atoms with Crippen LogP contribution in [-0.4, -0.2) is 66.2 Å². The fourth-order valence-corrected chi connectivity index (χ4v) is 1.40. The third-order valence-corrected chi connectivity index (χ3v) is 2.29. The highest BCUT2D eigenvalue weighted by atomic mass is 16.5. The van der Waals surface area contributed by atoms with Crippen molar-refractivity contribution in [2.75, 3.05) is 32.9 Å². The Morgan fingerprint density at radius 3 is 2.53 bits per heavy atom. The van der Waals surface area contributed by atoms with Crippen LogP contribution in [0.15, 0.2) is 0 Å². The lowest BCUT2D eigenvalue weighted by molar-refractivity contribution is -0.139. The number of carbonyl (C=O) groups is 2. The second-order valence-corrected chi connectivity index (χ2v) is 3.59. The Morgan fingerprint density at radius 1 is 1.35 bits per heavy atom. The van der Waals surface area contributed by atoms with Crippen LogP contribution in [-0.2, 0) is 9.53 Å². The molecule has 1 aliphatic heterocycles. The van der Waals surface area contributed by atoms with Crippen molar-refractivity contribution in [2.45, 2.75) is 12.5 Å². The molecule has 0 unspecified atom stereocenters. The molecule has 1 heterocycles. The predicted octanol–water partition coefficient (Wildman–Crippen LogP) is -1.63. The lowest BCUT2D eigenvalue weighted by Crippen LogP contribution is -2.54. The molecule has 0 aromatic carbocycles. The van der Waals surface area contributed by atoms with Crippen LogP contribution in [0.3, 0.4) is 0 Å². The summed E-state index contributed by atoms with van der Waals surface area (Å²) in [7, 11) is 0. The Bertz CT molecular complexity index is 267. The maximum absolute atomic E-state index is 11.5. The number of hydrogen-bond donors (Lipinski definition) is 4. The smallest absolute Gasteiger partial charge is 0.330 e. The number of ether oxygens (including phenoxy) is 1. The number of urea groups is 1. The first-order chi connectivity index (χ1) is 8.13. The van der Waals surface area contributed by atoms with Crippen molar-refractivity contribution in [3.05, 3.63) is 0 Å². The molecule has 8 nitrogen and oxygen atoms in total. The molecule has 1 saturated heterocycles. The number of morpholine rings is 1. The van der Waals surface area contributed by atoms with Crippen LogP contribution < -0.4 is 10.7 Å². The molecule has 0 radical (unpaired) electrons. The van der Waals surface area contributed by atoms with Crippen molar-refractivity contribution in [3.63, 3.8) is 0 Å². The van der Waals surface area contributed by atoms with E-state index in [4.69, 9.17) is 14.9 Å². The van der Waals surface area contributed by atoms with Gasteiger partial charge in [0, 0.05) is 26.1 Å². The Hall–Kier alpha value is -1.38. The SMILES string of the molecule is O=C(N[C@@H](CCO)C(=O)O)NN1CCOCC1. The molecule has 0 saturated carbocycles. The number of hydrogen-bond acceptors (Lipinski definition) is 5. The maximum Gasteiger partial charge on any atom is 0.330 e. The molecule has 0 bridgehead atoms. The summed E-state index contributed by atoms with van der Waals surface area (Å²) in [6.45, 7) is 1.88. The van der Waals surface area contributed by atoms with Gasteiger partial charge in [0.2, 0.25) is 0 Å². The van der Waals surface area contributed by atoms with Crippen LogP contribution in [0.4, 0.5) is 4.79 Å². The maximum atomic E-state index is 11.5. The van der Waals surface area contributed by atoms with E-state index in [-0.39, 0.29) is 13.0 Å². The van der Waals surface area contributed by atoms with Crippen molar-refractivity contribution < 1.29 is 24.5 Å². The quantitative estimate of drug-likeness (QED) is 0.464.